The molecule has 25 heavy (non-hydrogen) atoms. The van der Waals surface area contributed by atoms with Gasteiger partial charge < -0.3 is 14.6 Å². The van der Waals surface area contributed by atoms with Gasteiger partial charge in [-0.1, -0.05) is 0 Å². The highest BCUT2D eigenvalue weighted by atomic mass is 79.9. The molecular formula is C17H21BrN2O5. The molecule has 0 bridgehead atoms. The first-order chi connectivity index (χ1) is 11.6. The summed E-state index contributed by atoms with van der Waals surface area (Å²) in [4.78, 5) is 40.4. The molecule has 1 aliphatic heterocycles. The van der Waals surface area contributed by atoms with E-state index in [0.717, 1.165) is 0 Å². The lowest BCUT2D eigenvalue weighted by atomic mass is 10.00. The molecule has 1 aromatic rings. The van der Waals surface area contributed by atoms with E-state index in [9.17, 15) is 19.5 Å². The summed E-state index contributed by atoms with van der Waals surface area (Å²) in [6, 6.07) is 2.31. The van der Waals surface area contributed by atoms with E-state index in [1.165, 1.54) is 6.20 Å². The van der Waals surface area contributed by atoms with Crippen LogP contribution in [0.25, 0.3) is 0 Å². The summed E-state index contributed by atoms with van der Waals surface area (Å²) in [6.45, 7) is 5.12. The zero-order chi connectivity index (χ0) is 18.8. The lowest BCUT2D eigenvalue weighted by Crippen LogP contribution is -2.71. The molecule has 1 unspecified atom stereocenters. The van der Waals surface area contributed by atoms with Crippen molar-refractivity contribution in [1.29, 1.82) is 0 Å². The molecule has 0 spiro atoms. The summed E-state index contributed by atoms with van der Waals surface area (Å²) >= 11 is 3.17. The van der Waals surface area contributed by atoms with E-state index >= 15 is 0 Å². The predicted molar refractivity (Wildman–Crippen MR) is 90.5 cm³/mol. The molecule has 8 heteroatoms. The molecule has 2 rings (SSSR count). The summed E-state index contributed by atoms with van der Waals surface area (Å²) in [7, 11) is 0. The van der Waals surface area contributed by atoms with E-state index in [4.69, 9.17) is 4.74 Å². The van der Waals surface area contributed by atoms with E-state index in [0.29, 0.717) is 29.6 Å². The van der Waals surface area contributed by atoms with Crippen molar-refractivity contribution in [2.75, 3.05) is 13.2 Å². The minimum absolute atomic E-state index is 0.302. The number of ketones is 1. The van der Waals surface area contributed by atoms with Gasteiger partial charge in [-0.15, -0.1) is 0 Å². The Morgan fingerprint density at radius 3 is 2.56 bits per heavy atom. The third-order valence-electron chi connectivity index (χ3n) is 4.71. The van der Waals surface area contributed by atoms with Crippen molar-refractivity contribution in [1.82, 2.24) is 4.98 Å². The van der Waals surface area contributed by atoms with Gasteiger partial charge in [-0.25, -0.2) is 9.78 Å². The SMILES string of the molecule is CC(C)(C)[N+]1(C(=O)[O-])CCC[C@H]1C(=O)OCC(=O)c1ccc(Br)nc1. The van der Waals surface area contributed by atoms with Crippen LogP contribution in [0.15, 0.2) is 22.9 Å². The number of halogens is 1. The highest BCUT2D eigenvalue weighted by Crippen LogP contribution is 2.37. The number of ether oxygens (including phenoxy) is 1. The van der Waals surface area contributed by atoms with Crippen molar-refractivity contribution in [3.05, 3.63) is 28.5 Å². The van der Waals surface area contributed by atoms with Crippen LogP contribution in [0.1, 0.15) is 44.0 Å². The van der Waals surface area contributed by atoms with Gasteiger partial charge in [-0.05, 0) is 48.8 Å². The van der Waals surface area contributed by atoms with E-state index in [-0.39, 0.29) is 0 Å². The Morgan fingerprint density at radius 2 is 2.04 bits per heavy atom. The second-order valence-corrected chi connectivity index (χ2v) is 7.90. The van der Waals surface area contributed by atoms with Crippen LogP contribution in [0.2, 0.25) is 0 Å². The molecule has 0 N–H and O–H groups in total. The molecule has 1 aliphatic rings. The third kappa shape index (κ3) is 3.74. The van der Waals surface area contributed by atoms with Gasteiger partial charge in [0, 0.05) is 24.6 Å². The second-order valence-electron chi connectivity index (χ2n) is 7.09. The summed E-state index contributed by atoms with van der Waals surface area (Å²) in [5.41, 5.74) is -0.405. The second kappa shape index (κ2) is 7.21. The minimum Gasteiger partial charge on any atom is -0.498 e. The Labute approximate surface area is 154 Å². The highest BCUT2D eigenvalue weighted by molar-refractivity contribution is 9.10. The lowest BCUT2D eigenvalue weighted by molar-refractivity contribution is -0.922. The van der Waals surface area contributed by atoms with Crippen molar-refractivity contribution in [2.24, 2.45) is 0 Å². The van der Waals surface area contributed by atoms with Gasteiger partial charge in [0.15, 0.2) is 12.6 Å². The quantitative estimate of drug-likeness (QED) is 0.323. The first kappa shape index (κ1) is 19.5. The molecule has 136 valence electrons. The van der Waals surface area contributed by atoms with Crippen molar-refractivity contribution in [3.8, 4) is 0 Å². The Bertz CT molecular complexity index is 683. The number of pyridine rings is 1. The fourth-order valence-corrected chi connectivity index (χ4v) is 3.59. The number of amides is 1. The summed E-state index contributed by atoms with van der Waals surface area (Å²) in [6.07, 6.45) is 1.05. The fraction of sp³-hybridized carbons (Fsp3) is 0.529. The molecule has 1 fully saturated rings. The molecule has 0 radical (unpaired) electrons. The maximum atomic E-state index is 12.5. The van der Waals surface area contributed by atoms with Gasteiger partial charge in [-0.2, -0.15) is 0 Å². The number of aromatic nitrogens is 1. The molecule has 1 aromatic heterocycles. The molecule has 0 aliphatic carbocycles. The number of Topliss-reactive ketones (excluding diaryl/α,β-unsaturated/α-hetero) is 1. The molecule has 1 amide bonds. The van der Waals surface area contributed by atoms with Crippen LogP contribution in [-0.2, 0) is 9.53 Å². The standard InChI is InChI=1S/C17H21BrN2O5/c1-17(2,3)20(16(23)24)8-4-5-12(20)15(22)25-10-13(21)11-6-7-14(18)19-9-11/h6-7,9,12H,4-5,8,10H2,1-3H3/t12-,20?/m0/s1. The van der Waals surface area contributed by atoms with Gasteiger partial charge in [0.05, 0.1) is 12.1 Å². The Hall–Kier alpha value is -1.80. The predicted octanol–water partition coefficient (Wildman–Crippen LogP) is 1.69. The number of rotatable bonds is 4. The van der Waals surface area contributed by atoms with Gasteiger partial charge in [0.25, 0.3) is 6.09 Å². The van der Waals surface area contributed by atoms with Crippen molar-refractivity contribution < 1.29 is 28.7 Å². The largest absolute Gasteiger partial charge is 0.498 e. The third-order valence-corrected chi connectivity index (χ3v) is 5.18. The number of quaternary nitrogens is 1. The van der Waals surface area contributed by atoms with E-state index < -0.39 is 40.5 Å². The Morgan fingerprint density at radius 1 is 1.36 bits per heavy atom. The number of carboxylic acid groups (broad SMARTS) is 1. The number of carbonyl (C=O) groups is 3. The Kier molecular flexibility index (Phi) is 5.63. The molecular weight excluding hydrogens is 392 g/mol. The fourth-order valence-electron chi connectivity index (χ4n) is 3.36. The summed E-state index contributed by atoms with van der Waals surface area (Å²) < 4.78 is 5.24. The maximum Gasteiger partial charge on any atom is 0.365 e. The highest BCUT2D eigenvalue weighted by Gasteiger charge is 2.56. The lowest BCUT2D eigenvalue weighted by Gasteiger charge is -2.47. The summed E-state index contributed by atoms with van der Waals surface area (Å²) in [5.74, 6) is -1.08. The average molecular weight is 413 g/mol. The van der Waals surface area contributed by atoms with Crippen LogP contribution in [0.3, 0.4) is 0 Å². The van der Waals surface area contributed by atoms with Crippen LogP contribution in [-0.4, -0.2) is 52.0 Å². The first-order valence-electron chi connectivity index (χ1n) is 8.00. The van der Waals surface area contributed by atoms with Crippen LogP contribution in [0.5, 0.6) is 0 Å². The number of hydrogen-bond acceptors (Lipinski definition) is 6. The number of nitrogens with zero attached hydrogens (tertiary/aromatic N) is 2. The molecule has 1 saturated heterocycles. The van der Waals surface area contributed by atoms with E-state index in [1.807, 2.05) is 0 Å². The first-order valence-corrected chi connectivity index (χ1v) is 8.79. The molecule has 7 nitrogen and oxygen atoms in total. The smallest absolute Gasteiger partial charge is 0.365 e. The van der Waals surface area contributed by atoms with Gasteiger partial charge in [0.2, 0.25) is 5.78 Å². The molecule has 0 saturated carbocycles. The number of esters is 1. The zero-order valence-electron chi connectivity index (χ0n) is 14.5. The van der Waals surface area contributed by atoms with Gasteiger partial charge in [0.1, 0.15) is 4.60 Å². The topological polar surface area (TPSA) is 96.4 Å². The molecule has 2 atom stereocenters. The van der Waals surface area contributed by atoms with Gasteiger partial charge >= 0.3 is 5.97 Å². The summed E-state index contributed by atoms with van der Waals surface area (Å²) in [5, 5.41) is 11.9. The molecule has 2 heterocycles. The van der Waals surface area contributed by atoms with Crippen LogP contribution in [0.4, 0.5) is 4.79 Å². The van der Waals surface area contributed by atoms with E-state index in [2.05, 4.69) is 20.9 Å². The van der Waals surface area contributed by atoms with Crippen LogP contribution < -0.4 is 5.11 Å². The van der Waals surface area contributed by atoms with Crippen molar-refractivity contribution in [3.63, 3.8) is 0 Å². The maximum absolute atomic E-state index is 12.5. The van der Waals surface area contributed by atoms with Gasteiger partial charge in [-0.3, -0.25) is 9.28 Å². The molecule has 0 aromatic carbocycles. The normalized spacial score (nSPS) is 23.3. The van der Waals surface area contributed by atoms with E-state index in [1.54, 1.807) is 32.9 Å². The Balaban J connectivity index is 2.10. The average Bonchev–Trinajstić information content (AvgIpc) is 2.99. The van der Waals surface area contributed by atoms with Crippen LogP contribution in [0, 0.1) is 0 Å². The number of carbonyl (C=O) groups excluding carboxylic acids is 3. The van der Waals surface area contributed by atoms with Crippen LogP contribution >= 0.6 is 15.9 Å². The number of likely N-dealkylation sites (tertiary alicyclic amines) is 1. The zero-order valence-corrected chi connectivity index (χ0v) is 16.0. The minimum atomic E-state index is -1.30. The van der Waals surface area contributed by atoms with Crippen molar-refractivity contribution in [2.45, 2.75) is 45.2 Å². The monoisotopic (exact) mass is 412 g/mol. The van der Waals surface area contributed by atoms with Crippen molar-refractivity contribution >= 4 is 33.8 Å². The number of hydrogen-bond donors (Lipinski definition) is 0.